The summed E-state index contributed by atoms with van der Waals surface area (Å²) in [7, 11) is 0. The Morgan fingerprint density at radius 3 is 2.59 bits per heavy atom. The first kappa shape index (κ1) is 12.2. The van der Waals surface area contributed by atoms with Crippen molar-refractivity contribution in [1.29, 1.82) is 0 Å². The second-order valence-electron chi connectivity index (χ2n) is 4.51. The van der Waals surface area contributed by atoms with Crippen molar-refractivity contribution in [2.24, 2.45) is 0 Å². The molecule has 17 heavy (non-hydrogen) atoms. The molecule has 1 fully saturated rings. The lowest BCUT2D eigenvalue weighted by molar-refractivity contribution is 0.942. The highest BCUT2D eigenvalue weighted by Gasteiger charge is 2.14. The van der Waals surface area contributed by atoms with Crippen LogP contribution in [-0.4, -0.2) is 18.1 Å². The molecule has 1 aromatic carbocycles. The molecule has 0 amide bonds. The first-order valence-electron chi connectivity index (χ1n) is 5.96. The van der Waals surface area contributed by atoms with Gasteiger partial charge in [-0.3, -0.25) is 0 Å². The number of benzene rings is 1. The van der Waals surface area contributed by atoms with Crippen LogP contribution in [-0.2, 0) is 0 Å². The van der Waals surface area contributed by atoms with E-state index in [1.807, 2.05) is 0 Å². The van der Waals surface area contributed by atoms with Crippen molar-refractivity contribution in [2.75, 3.05) is 18.0 Å². The zero-order valence-corrected chi connectivity index (χ0v) is 10.8. The number of nitrogens with zero attached hydrogens (tertiary/aromatic N) is 2. The Hall–Kier alpha value is -1.28. The summed E-state index contributed by atoms with van der Waals surface area (Å²) in [4.78, 5) is 7.13. The molecule has 0 radical (unpaired) electrons. The van der Waals surface area contributed by atoms with Gasteiger partial charge in [-0.2, -0.15) is 0 Å². The molecule has 0 aliphatic carbocycles. The number of aromatic nitrogens is 1. The van der Waals surface area contributed by atoms with Crippen LogP contribution in [0.2, 0.25) is 0 Å². The molecule has 0 saturated carbocycles. The Balaban J connectivity index is 0.00000108. The second-order valence-corrected chi connectivity index (χ2v) is 4.51. The fourth-order valence-corrected chi connectivity index (χ4v) is 2.44. The van der Waals surface area contributed by atoms with E-state index in [4.69, 9.17) is 4.98 Å². The van der Waals surface area contributed by atoms with Crippen LogP contribution in [0.4, 0.5) is 5.82 Å². The van der Waals surface area contributed by atoms with Gasteiger partial charge in [0.25, 0.3) is 0 Å². The van der Waals surface area contributed by atoms with Crippen molar-refractivity contribution in [3.8, 4) is 0 Å². The van der Waals surface area contributed by atoms with Gasteiger partial charge in [0.15, 0.2) is 0 Å². The lowest BCUT2D eigenvalue weighted by Gasteiger charge is -2.17. The fraction of sp³-hybridized carbons (Fsp3) is 0.357. The van der Waals surface area contributed by atoms with Crippen LogP contribution in [0.1, 0.15) is 18.4 Å². The van der Waals surface area contributed by atoms with E-state index >= 15 is 0 Å². The van der Waals surface area contributed by atoms with E-state index in [0.717, 1.165) is 24.4 Å². The molecule has 1 aromatic heterocycles. The van der Waals surface area contributed by atoms with Crippen molar-refractivity contribution >= 4 is 29.1 Å². The summed E-state index contributed by atoms with van der Waals surface area (Å²) in [5.74, 6) is 1.15. The highest BCUT2D eigenvalue weighted by Crippen LogP contribution is 2.24. The Morgan fingerprint density at radius 2 is 1.82 bits per heavy atom. The summed E-state index contributed by atoms with van der Waals surface area (Å²) in [6, 6.07) is 10.6. The Morgan fingerprint density at radius 1 is 1.12 bits per heavy atom. The van der Waals surface area contributed by atoms with Gasteiger partial charge in [0, 0.05) is 18.5 Å². The van der Waals surface area contributed by atoms with E-state index in [1.54, 1.807) is 0 Å². The van der Waals surface area contributed by atoms with Gasteiger partial charge in [0.1, 0.15) is 5.82 Å². The lowest BCUT2D eigenvalue weighted by atomic mass is 10.1. The van der Waals surface area contributed by atoms with Crippen molar-refractivity contribution in [1.82, 2.24) is 4.98 Å². The third kappa shape index (κ3) is 2.22. The largest absolute Gasteiger partial charge is 0.357 e. The third-order valence-corrected chi connectivity index (χ3v) is 3.34. The van der Waals surface area contributed by atoms with E-state index in [9.17, 15) is 0 Å². The molecule has 1 saturated heterocycles. The molecule has 0 N–H and O–H groups in total. The molecule has 3 heteroatoms. The van der Waals surface area contributed by atoms with Crippen molar-refractivity contribution < 1.29 is 0 Å². The molecular formula is C14H17ClN2. The standard InChI is InChI=1S/C14H16N2.ClH/c1-11-10-14(16-8-4-5-9-16)15-13-7-3-2-6-12(11)13;/h2-3,6-7,10H,4-5,8-9H2,1H3;1H. The molecule has 0 atom stereocenters. The normalized spacial score (nSPS) is 15.0. The highest BCUT2D eigenvalue weighted by atomic mass is 35.5. The summed E-state index contributed by atoms with van der Waals surface area (Å²) in [5.41, 5.74) is 2.44. The third-order valence-electron chi connectivity index (χ3n) is 3.34. The number of hydrogen-bond donors (Lipinski definition) is 0. The predicted octanol–water partition coefficient (Wildman–Crippen LogP) is 3.57. The molecule has 1 aliphatic heterocycles. The van der Waals surface area contributed by atoms with E-state index < -0.39 is 0 Å². The number of para-hydroxylation sites is 1. The lowest BCUT2D eigenvalue weighted by Crippen LogP contribution is -2.19. The predicted molar refractivity (Wildman–Crippen MR) is 75.2 cm³/mol. The molecular weight excluding hydrogens is 232 g/mol. The first-order valence-corrected chi connectivity index (χ1v) is 5.96. The van der Waals surface area contributed by atoms with Crippen LogP contribution >= 0.6 is 12.4 Å². The molecule has 2 heterocycles. The summed E-state index contributed by atoms with van der Waals surface area (Å²) in [6.07, 6.45) is 2.60. The SMILES string of the molecule is Cc1cc(N2CCCC2)nc2ccccc12.Cl. The molecule has 2 nitrogen and oxygen atoms in total. The zero-order chi connectivity index (χ0) is 11.0. The van der Waals surface area contributed by atoms with Crippen molar-refractivity contribution in [3.05, 3.63) is 35.9 Å². The topological polar surface area (TPSA) is 16.1 Å². The van der Waals surface area contributed by atoms with Gasteiger partial charge in [0.05, 0.1) is 5.52 Å². The van der Waals surface area contributed by atoms with Gasteiger partial charge in [-0.1, -0.05) is 18.2 Å². The minimum atomic E-state index is 0. The summed E-state index contributed by atoms with van der Waals surface area (Å²) in [6.45, 7) is 4.49. The second kappa shape index (κ2) is 4.92. The summed E-state index contributed by atoms with van der Waals surface area (Å²) in [5, 5.41) is 1.27. The zero-order valence-electron chi connectivity index (χ0n) is 10.0. The minimum absolute atomic E-state index is 0. The average molecular weight is 249 g/mol. The number of halogens is 1. The number of anilines is 1. The highest BCUT2D eigenvalue weighted by molar-refractivity contribution is 5.85. The molecule has 0 unspecified atom stereocenters. The van der Waals surface area contributed by atoms with Gasteiger partial charge in [-0.05, 0) is 37.5 Å². The number of fused-ring (bicyclic) bond motifs is 1. The molecule has 2 aromatic rings. The van der Waals surface area contributed by atoms with Gasteiger partial charge in [-0.15, -0.1) is 12.4 Å². The van der Waals surface area contributed by atoms with Gasteiger partial charge >= 0.3 is 0 Å². The summed E-state index contributed by atoms with van der Waals surface area (Å²) >= 11 is 0. The molecule has 0 bridgehead atoms. The van der Waals surface area contributed by atoms with Crippen LogP contribution in [0, 0.1) is 6.92 Å². The molecule has 3 rings (SSSR count). The van der Waals surface area contributed by atoms with Crippen molar-refractivity contribution in [3.63, 3.8) is 0 Å². The number of aryl methyl sites for hydroxylation is 1. The first-order chi connectivity index (χ1) is 7.84. The van der Waals surface area contributed by atoms with Crippen LogP contribution in [0.25, 0.3) is 10.9 Å². The maximum Gasteiger partial charge on any atom is 0.129 e. The van der Waals surface area contributed by atoms with Gasteiger partial charge < -0.3 is 4.90 Å². The Labute approximate surface area is 108 Å². The van der Waals surface area contributed by atoms with Crippen LogP contribution < -0.4 is 4.90 Å². The number of hydrogen-bond acceptors (Lipinski definition) is 2. The monoisotopic (exact) mass is 248 g/mol. The average Bonchev–Trinajstić information content (AvgIpc) is 2.82. The van der Waals surface area contributed by atoms with E-state index in [1.165, 1.54) is 23.8 Å². The summed E-state index contributed by atoms with van der Waals surface area (Å²) < 4.78 is 0. The molecule has 90 valence electrons. The van der Waals surface area contributed by atoms with E-state index in [0.29, 0.717) is 0 Å². The maximum absolute atomic E-state index is 4.74. The van der Waals surface area contributed by atoms with Crippen LogP contribution in [0.5, 0.6) is 0 Å². The van der Waals surface area contributed by atoms with E-state index in [-0.39, 0.29) is 12.4 Å². The fourth-order valence-electron chi connectivity index (χ4n) is 2.44. The maximum atomic E-state index is 4.74. The van der Waals surface area contributed by atoms with E-state index in [2.05, 4.69) is 42.2 Å². The molecule has 1 aliphatic rings. The Kier molecular flexibility index (Phi) is 3.53. The Bertz CT molecular complexity index is 519. The van der Waals surface area contributed by atoms with Crippen molar-refractivity contribution in [2.45, 2.75) is 19.8 Å². The van der Waals surface area contributed by atoms with Crippen LogP contribution in [0.3, 0.4) is 0 Å². The van der Waals surface area contributed by atoms with Crippen LogP contribution in [0.15, 0.2) is 30.3 Å². The van der Waals surface area contributed by atoms with Gasteiger partial charge in [0.2, 0.25) is 0 Å². The quantitative estimate of drug-likeness (QED) is 0.767. The number of pyridine rings is 1. The van der Waals surface area contributed by atoms with Gasteiger partial charge in [-0.25, -0.2) is 4.98 Å². The number of rotatable bonds is 1. The minimum Gasteiger partial charge on any atom is -0.357 e. The smallest absolute Gasteiger partial charge is 0.129 e. The molecule has 0 spiro atoms.